The Balaban J connectivity index is 1.46. The number of piperazine rings is 1. The van der Waals surface area contributed by atoms with Crippen LogP contribution >= 0.6 is 11.3 Å². The Morgan fingerprint density at radius 2 is 1.98 bits per heavy atom. The maximum absolute atomic E-state index is 17.1. The number of nitriles is 1. The van der Waals surface area contributed by atoms with Gasteiger partial charge in [-0.3, -0.25) is 9.69 Å². The van der Waals surface area contributed by atoms with Gasteiger partial charge < -0.3 is 20.3 Å². The smallest absolute Gasteiger partial charge is 0.417 e. The predicted molar refractivity (Wildman–Crippen MR) is 181 cm³/mol. The highest BCUT2D eigenvalue weighted by molar-refractivity contribution is 7.23. The van der Waals surface area contributed by atoms with Crippen molar-refractivity contribution in [1.82, 2.24) is 19.8 Å². The Hall–Kier alpha value is -4.62. The number of aromatic nitrogens is 2. The van der Waals surface area contributed by atoms with Crippen molar-refractivity contribution < 1.29 is 35.9 Å². The number of anilines is 2. The maximum Gasteiger partial charge on any atom is 0.417 e. The number of thiophene rings is 1. The number of ether oxygens (including phenoxy) is 1. The first-order valence-electron chi connectivity index (χ1n) is 16.4. The van der Waals surface area contributed by atoms with E-state index in [1.54, 1.807) is 23.6 Å². The average Bonchev–Trinajstić information content (AvgIpc) is 3.73. The lowest BCUT2D eigenvalue weighted by Crippen LogP contribution is -2.58. The van der Waals surface area contributed by atoms with Gasteiger partial charge in [0.15, 0.2) is 5.82 Å². The molecule has 4 aromatic rings. The monoisotopic (exact) mass is 729 g/mol. The van der Waals surface area contributed by atoms with E-state index >= 15 is 17.6 Å². The molecule has 268 valence electrons. The van der Waals surface area contributed by atoms with Gasteiger partial charge in [0.05, 0.1) is 21.4 Å². The summed E-state index contributed by atoms with van der Waals surface area (Å²) in [6.45, 7) is 8.27. The van der Waals surface area contributed by atoms with Gasteiger partial charge >= 0.3 is 12.2 Å². The van der Waals surface area contributed by atoms with E-state index in [2.05, 4.69) is 16.5 Å². The van der Waals surface area contributed by atoms with E-state index < -0.39 is 58.2 Å². The fourth-order valence-corrected chi connectivity index (χ4v) is 8.91. The highest BCUT2D eigenvalue weighted by Gasteiger charge is 2.49. The third-order valence-corrected chi connectivity index (χ3v) is 11.4. The Morgan fingerprint density at radius 3 is 2.69 bits per heavy atom. The summed E-state index contributed by atoms with van der Waals surface area (Å²) in [4.78, 5) is 26.7. The quantitative estimate of drug-likeness (QED) is 0.170. The molecule has 3 saturated heterocycles. The van der Waals surface area contributed by atoms with E-state index in [0.717, 1.165) is 24.6 Å². The number of nitrogens with zero attached hydrogens (tertiary/aromatic N) is 6. The molecule has 0 spiro atoms. The van der Waals surface area contributed by atoms with Crippen LogP contribution in [0.4, 0.5) is 37.2 Å². The standard InChI is InChI=1S/C35H33F6N7O2S/c1-4-25(49)47-13-18(3)48(14-17(47)2)32-21-10-23(35(39,40)41)27(20-6-7-24(37)30-26(20)22(12-42)31(43)51-30)28(38)29(21)44-33(45-32)50-16-34-8-5-9-46(34)15-19(36)11-34/h4,6-7,10,17-19H,1,5,8-9,11,13-16,43H2,2-3H3/t17-,18+,19-,34?/m1/s1. The van der Waals surface area contributed by atoms with Crippen molar-refractivity contribution in [2.24, 2.45) is 0 Å². The summed E-state index contributed by atoms with van der Waals surface area (Å²) in [6.07, 6.45) is -3.31. The number of nitrogen functional groups attached to an aromatic ring is 1. The minimum atomic E-state index is -5.13. The van der Waals surface area contributed by atoms with Crippen LogP contribution in [0.25, 0.3) is 32.1 Å². The van der Waals surface area contributed by atoms with Crippen LogP contribution in [0.1, 0.15) is 44.2 Å². The van der Waals surface area contributed by atoms with Crippen LogP contribution in [-0.4, -0.2) is 82.3 Å². The number of hydrogen-bond acceptors (Lipinski definition) is 9. The number of hydrogen-bond donors (Lipinski definition) is 1. The zero-order valence-corrected chi connectivity index (χ0v) is 28.5. The minimum absolute atomic E-state index is 0.0284. The summed E-state index contributed by atoms with van der Waals surface area (Å²) in [5.74, 6) is -2.59. The molecular weight excluding hydrogens is 696 g/mol. The molecule has 3 fully saturated rings. The summed E-state index contributed by atoms with van der Waals surface area (Å²) >= 11 is 0.675. The van der Waals surface area contributed by atoms with Crippen LogP contribution in [0.2, 0.25) is 0 Å². The Kier molecular flexibility index (Phi) is 8.57. The van der Waals surface area contributed by atoms with Gasteiger partial charge in [0, 0.05) is 54.5 Å². The molecular formula is C35H33F6N7O2S. The van der Waals surface area contributed by atoms with Crippen LogP contribution in [0, 0.1) is 23.0 Å². The third kappa shape index (κ3) is 5.70. The molecule has 9 nitrogen and oxygen atoms in total. The number of rotatable bonds is 6. The number of halogens is 6. The van der Waals surface area contributed by atoms with E-state index in [1.807, 2.05) is 11.0 Å². The molecule has 1 unspecified atom stereocenters. The SMILES string of the molecule is C=CC(=O)N1C[C@H](C)N(c2nc(OCC34CCCN3C[C@H](F)C4)nc3c(F)c(-c4ccc(F)c5sc(N)c(C#N)c45)c(C(F)(F)F)cc23)C[C@H]1C. The number of fused-ring (bicyclic) bond motifs is 3. The second-order valence-corrected chi connectivity index (χ2v) is 14.6. The third-order valence-electron chi connectivity index (χ3n) is 10.3. The van der Waals surface area contributed by atoms with Crippen LogP contribution in [0.3, 0.4) is 0 Å². The van der Waals surface area contributed by atoms with E-state index in [4.69, 9.17) is 10.5 Å². The number of alkyl halides is 4. The van der Waals surface area contributed by atoms with E-state index in [9.17, 15) is 18.8 Å². The van der Waals surface area contributed by atoms with Crippen molar-refractivity contribution in [3.8, 4) is 23.2 Å². The first-order chi connectivity index (χ1) is 24.2. The van der Waals surface area contributed by atoms with Crippen molar-refractivity contribution in [3.05, 3.63) is 53.6 Å². The molecule has 0 bridgehead atoms. The molecule has 16 heteroatoms. The summed E-state index contributed by atoms with van der Waals surface area (Å²) in [6, 6.07) is 3.21. The molecule has 51 heavy (non-hydrogen) atoms. The zero-order valence-electron chi connectivity index (χ0n) is 27.7. The fourth-order valence-electron chi connectivity index (χ4n) is 7.96. The number of carbonyl (C=O) groups is 1. The van der Waals surface area contributed by atoms with Gasteiger partial charge in [-0.15, -0.1) is 11.3 Å². The lowest BCUT2D eigenvalue weighted by Gasteiger charge is -2.44. The van der Waals surface area contributed by atoms with Crippen molar-refractivity contribution in [1.29, 1.82) is 5.26 Å². The largest absolute Gasteiger partial charge is 0.461 e. The molecule has 0 aliphatic carbocycles. The highest BCUT2D eigenvalue weighted by atomic mass is 32.1. The summed E-state index contributed by atoms with van der Waals surface area (Å²) in [7, 11) is 0. The summed E-state index contributed by atoms with van der Waals surface area (Å²) in [5.41, 5.74) is 1.83. The lowest BCUT2D eigenvalue weighted by atomic mass is 9.92. The second kappa shape index (κ2) is 12.6. The molecule has 0 saturated carbocycles. The summed E-state index contributed by atoms with van der Waals surface area (Å²) < 4.78 is 97.7. The van der Waals surface area contributed by atoms with Gasteiger partial charge in [0.1, 0.15) is 41.0 Å². The topological polar surface area (TPSA) is 112 Å². The normalized spacial score (nSPS) is 23.9. The number of amides is 1. The van der Waals surface area contributed by atoms with Crippen molar-refractivity contribution in [2.75, 3.05) is 43.4 Å². The molecule has 1 amide bonds. The van der Waals surface area contributed by atoms with Crippen LogP contribution in [0.15, 0.2) is 30.9 Å². The van der Waals surface area contributed by atoms with Gasteiger partial charge in [0.2, 0.25) is 5.91 Å². The molecule has 0 radical (unpaired) electrons. The Labute approximate surface area is 292 Å². The average molecular weight is 730 g/mol. The van der Waals surface area contributed by atoms with Gasteiger partial charge in [-0.05, 0) is 57.0 Å². The number of nitrogens with two attached hydrogens (primary N) is 1. The van der Waals surface area contributed by atoms with Crippen molar-refractivity contribution in [3.63, 3.8) is 0 Å². The highest BCUT2D eigenvalue weighted by Crippen LogP contribution is 2.48. The van der Waals surface area contributed by atoms with E-state index in [1.165, 1.54) is 6.08 Å². The van der Waals surface area contributed by atoms with Gasteiger partial charge in [-0.1, -0.05) is 12.6 Å². The predicted octanol–water partition coefficient (Wildman–Crippen LogP) is 6.83. The minimum Gasteiger partial charge on any atom is -0.461 e. The van der Waals surface area contributed by atoms with Crippen molar-refractivity contribution in [2.45, 2.75) is 63.1 Å². The van der Waals surface area contributed by atoms with Gasteiger partial charge in [-0.2, -0.15) is 28.4 Å². The number of carbonyl (C=O) groups excluding carboxylic acids is 1. The number of benzene rings is 2. The fraction of sp³-hybridized carbons (Fsp3) is 0.429. The first kappa shape index (κ1) is 34.8. The van der Waals surface area contributed by atoms with Gasteiger partial charge in [-0.25, -0.2) is 13.2 Å². The van der Waals surface area contributed by atoms with E-state index in [0.29, 0.717) is 24.3 Å². The Morgan fingerprint density at radius 1 is 1.22 bits per heavy atom. The molecule has 2 aromatic heterocycles. The molecule has 3 aliphatic rings. The molecule has 2 N–H and O–H groups in total. The maximum atomic E-state index is 17.1. The second-order valence-electron chi connectivity index (χ2n) is 13.5. The van der Waals surface area contributed by atoms with Crippen LogP contribution in [0.5, 0.6) is 6.01 Å². The summed E-state index contributed by atoms with van der Waals surface area (Å²) in [5, 5.41) is 9.19. The molecule has 7 rings (SSSR count). The zero-order chi connectivity index (χ0) is 36.6. The van der Waals surface area contributed by atoms with Gasteiger partial charge in [0.25, 0.3) is 0 Å². The van der Waals surface area contributed by atoms with Crippen LogP contribution in [-0.2, 0) is 11.0 Å². The molecule has 4 atom stereocenters. The van der Waals surface area contributed by atoms with Crippen molar-refractivity contribution >= 4 is 49.1 Å². The first-order valence-corrected chi connectivity index (χ1v) is 17.2. The van der Waals surface area contributed by atoms with Crippen LogP contribution < -0.4 is 15.4 Å². The molecule has 3 aliphatic heterocycles. The molecule has 5 heterocycles. The Bertz CT molecular complexity index is 2130. The van der Waals surface area contributed by atoms with E-state index in [-0.39, 0.29) is 82.0 Å². The lowest BCUT2D eigenvalue weighted by molar-refractivity contribution is -0.137. The molecule has 2 aromatic carbocycles.